The molecule has 1 aromatic rings. The van der Waals surface area contributed by atoms with Crippen LogP contribution in [0.2, 0.25) is 0 Å². The largest absolute Gasteiger partial charge is 0.494 e. The van der Waals surface area contributed by atoms with Crippen molar-refractivity contribution < 1.29 is 9.13 Å². The molecule has 0 amide bonds. The van der Waals surface area contributed by atoms with Gasteiger partial charge in [0.15, 0.2) is 0 Å². The topological polar surface area (TPSA) is 12.5 Å². The van der Waals surface area contributed by atoms with Gasteiger partial charge in [0.1, 0.15) is 11.6 Å². The summed E-state index contributed by atoms with van der Waals surface area (Å²) in [5, 5.41) is 0. The number of halogens is 1. The molecule has 20 heavy (non-hydrogen) atoms. The first kappa shape index (κ1) is 13.9. The van der Waals surface area contributed by atoms with Gasteiger partial charge in [0, 0.05) is 6.54 Å². The molecule has 1 saturated carbocycles. The Bertz CT molecular complexity index is 408. The van der Waals surface area contributed by atoms with Crippen LogP contribution in [0.3, 0.4) is 0 Å². The summed E-state index contributed by atoms with van der Waals surface area (Å²) in [4.78, 5) is 2.63. The Balaban J connectivity index is 1.32. The molecule has 0 aromatic heterocycles. The fourth-order valence-electron chi connectivity index (χ4n) is 3.00. The summed E-state index contributed by atoms with van der Waals surface area (Å²) in [7, 11) is 0. The predicted octanol–water partition coefficient (Wildman–Crippen LogP) is 3.72. The molecule has 110 valence electrons. The van der Waals surface area contributed by atoms with Gasteiger partial charge in [-0.3, -0.25) is 0 Å². The predicted molar refractivity (Wildman–Crippen MR) is 78.4 cm³/mol. The molecule has 1 aromatic carbocycles. The van der Waals surface area contributed by atoms with Gasteiger partial charge in [-0.15, -0.1) is 0 Å². The van der Waals surface area contributed by atoms with E-state index in [-0.39, 0.29) is 5.82 Å². The third kappa shape index (κ3) is 4.20. The van der Waals surface area contributed by atoms with E-state index in [0.29, 0.717) is 0 Å². The number of likely N-dealkylation sites (tertiary alicyclic amines) is 1. The highest BCUT2D eigenvalue weighted by molar-refractivity contribution is 5.21. The van der Waals surface area contributed by atoms with Crippen LogP contribution in [0.1, 0.15) is 32.1 Å². The van der Waals surface area contributed by atoms with E-state index in [4.69, 9.17) is 4.74 Å². The zero-order valence-electron chi connectivity index (χ0n) is 12.1. The fourth-order valence-corrected chi connectivity index (χ4v) is 3.00. The Morgan fingerprint density at radius 1 is 1.00 bits per heavy atom. The third-order valence-corrected chi connectivity index (χ3v) is 4.53. The number of benzene rings is 1. The van der Waals surface area contributed by atoms with E-state index in [9.17, 15) is 4.39 Å². The summed E-state index contributed by atoms with van der Waals surface area (Å²) in [6.45, 7) is 4.60. The second kappa shape index (κ2) is 6.57. The fraction of sp³-hybridized carbons (Fsp3) is 0.647. The van der Waals surface area contributed by atoms with Crippen LogP contribution in [0.5, 0.6) is 5.75 Å². The van der Waals surface area contributed by atoms with E-state index in [0.717, 1.165) is 30.6 Å². The summed E-state index contributed by atoms with van der Waals surface area (Å²) in [5.41, 5.74) is 0. The SMILES string of the molecule is Fc1ccc(OCCC2CCN(CC3CC3)CC2)cc1. The molecular formula is C17H24FNO. The van der Waals surface area contributed by atoms with Gasteiger partial charge in [0.05, 0.1) is 6.61 Å². The molecule has 0 bridgehead atoms. The smallest absolute Gasteiger partial charge is 0.123 e. The first-order valence-electron chi connectivity index (χ1n) is 7.90. The minimum atomic E-state index is -0.208. The van der Waals surface area contributed by atoms with Crippen molar-refractivity contribution >= 4 is 0 Å². The molecule has 0 radical (unpaired) electrons. The average Bonchev–Trinajstić information content (AvgIpc) is 3.27. The number of rotatable bonds is 6. The van der Waals surface area contributed by atoms with Crippen LogP contribution in [-0.4, -0.2) is 31.1 Å². The van der Waals surface area contributed by atoms with Gasteiger partial charge >= 0.3 is 0 Å². The van der Waals surface area contributed by atoms with Crippen molar-refractivity contribution in [3.63, 3.8) is 0 Å². The van der Waals surface area contributed by atoms with E-state index >= 15 is 0 Å². The minimum absolute atomic E-state index is 0.208. The van der Waals surface area contributed by atoms with Crippen LogP contribution < -0.4 is 4.74 Å². The second-order valence-electron chi connectivity index (χ2n) is 6.28. The van der Waals surface area contributed by atoms with E-state index in [1.54, 1.807) is 12.1 Å². The van der Waals surface area contributed by atoms with Crippen LogP contribution >= 0.6 is 0 Å². The molecule has 3 rings (SSSR count). The lowest BCUT2D eigenvalue weighted by atomic mass is 9.94. The Morgan fingerprint density at radius 3 is 2.35 bits per heavy atom. The first-order valence-corrected chi connectivity index (χ1v) is 7.90. The molecule has 2 aliphatic rings. The van der Waals surface area contributed by atoms with Crippen LogP contribution in [0, 0.1) is 17.7 Å². The zero-order valence-corrected chi connectivity index (χ0v) is 12.1. The van der Waals surface area contributed by atoms with Crippen molar-refractivity contribution in [3.8, 4) is 5.75 Å². The Labute approximate surface area is 120 Å². The van der Waals surface area contributed by atoms with Crippen molar-refractivity contribution in [1.82, 2.24) is 4.90 Å². The Hall–Kier alpha value is -1.09. The van der Waals surface area contributed by atoms with E-state index in [2.05, 4.69) is 4.90 Å². The van der Waals surface area contributed by atoms with Gasteiger partial charge in [0.25, 0.3) is 0 Å². The highest BCUT2D eigenvalue weighted by Gasteiger charge is 2.26. The van der Waals surface area contributed by atoms with Crippen molar-refractivity contribution in [2.75, 3.05) is 26.2 Å². The maximum absolute atomic E-state index is 12.8. The molecule has 1 aliphatic carbocycles. The lowest BCUT2D eigenvalue weighted by Crippen LogP contribution is -2.35. The lowest BCUT2D eigenvalue weighted by Gasteiger charge is -2.31. The maximum atomic E-state index is 12.8. The summed E-state index contributed by atoms with van der Waals surface area (Å²) < 4.78 is 18.5. The lowest BCUT2D eigenvalue weighted by molar-refractivity contribution is 0.158. The van der Waals surface area contributed by atoms with Crippen molar-refractivity contribution in [2.45, 2.75) is 32.1 Å². The quantitative estimate of drug-likeness (QED) is 0.786. The molecule has 0 spiro atoms. The standard InChI is InChI=1S/C17H24FNO/c18-16-3-5-17(6-4-16)20-12-9-14-7-10-19(11-8-14)13-15-1-2-15/h3-6,14-15H,1-2,7-13H2. The average molecular weight is 277 g/mol. The highest BCUT2D eigenvalue weighted by Crippen LogP contribution is 2.31. The minimum Gasteiger partial charge on any atom is -0.494 e. The number of hydrogen-bond donors (Lipinski definition) is 0. The summed E-state index contributed by atoms with van der Waals surface area (Å²) in [6, 6.07) is 6.30. The van der Waals surface area contributed by atoms with E-state index in [1.165, 1.54) is 57.5 Å². The van der Waals surface area contributed by atoms with Crippen molar-refractivity contribution in [2.24, 2.45) is 11.8 Å². The van der Waals surface area contributed by atoms with Gasteiger partial charge in [-0.05, 0) is 81.3 Å². The van der Waals surface area contributed by atoms with Gasteiger partial charge in [0.2, 0.25) is 0 Å². The number of hydrogen-bond acceptors (Lipinski definition) is 2. The Morgan fingerprint density at radius 2 is 1.70 bits per heavy atom. The van der Waals surface area contributed by atoms with E-state index in [1.807, 2.05) is 0 Å². The van der Waals surface area contributed by atoms with Crippen LogP contribution in [0.25, 0.3) is 0 Å². The summed E-state index contributed by atoms with van der Waals surface area (Å²) >= 11 is 0. The highest BCUT2D eigenvalue weighted by atomic mass is 19.1. The van der Waals surface area contributed by atoms with Gasteiger partial charge in [-0.1, -0.05) is 0 Å². The molecule has 1 heterocycles. The molecule has 0 unspecified atom stereocenters. The molecule has 1 aliphatic heterocycles. The normalized spacial score (nSPS) is 21.1. The van der Waals surface area contributed by atoms with Crippen molar-refractivity contribution in [3.05, 3.63) is 30.1 Å². The van der Waals surface area contributed by atoms with Crippen LogP contribution in [0.4, 0.5) is 4.39 Å². The summed E-state index contributed by atoms with van der Waals surface area (Å²) in [6.07, 6.45) is 6.63. The van der Waals surface area contributed by atoms with Crippen LogP contribution in [-0.2, 0) is 0 Å². The molecule has 0 N–H and O–H groups in total. The van der Waals surface area contributed by atoms with Crippen LogP contribution in [0.15, 0.2) is 24.3 Å². The van der Waals surface area contributed by atoms with Gasteiger partial charge in [-0.25, -0.2) is 4.39 Å². The van der Waals surface area contributed by atoms with Crippen molar-refractivity contribution in [1.29, 1.82) is 0 Å². The first-order chi connectivity index (χ1) is 9.79. The monoisotopic (exact) mass is 277 g/mol. The number of ether oxygens (including phenoxy) is 1. The molecule has 2 nitrogen and oxygen atoms in total. The molecule has 3 heteroatoms. The van der Waals surface area contributed by atoms with Gasteiger partial charge in [-0.2, -0.15) is 0 Å². The third-order valence-electron chi connectivity index (χ3n) is 4.53. The Kier molecular flexibility index (Phi) is 4.56. The molecular weight excluding hydrogens is 253 g/mol. The maximum Gasteiger partial charge on any atom is 0.123 e. The molecule has 0 atom stereocenters. The number of piperidine rings is 1. The molecule has 1 saturated heterocycles. The zero-order chi connectivity index (χ0) is 13.8. The van der Waals surface area contributed by atoms with Gasteiger partial charge < -0.3 is 9.64 Å². The summed E-state index contributed by atoms with van der Waals surface area (Å²) in [5.74, 6) is 2.37. The number of nitrogens with zero attached hydrogens (tertiary/aromatic N) is 1. The van der Waals surface area contributed by atoms with E-state index < -0.39 is 0 Å². The second-order valence-corrected chi connectivity index (χ2v) is 6.28. The molecule has 2 fully saturated rings.